The molecule has 5 heteroatoms. The number of nitrogens with zero attached hydrogens (tertiary/aromatic N) is 3. The summed E-state index contributed by atoms with van der Waals surface area (Å²) >= 11 is 0. The summed E-state index contributed by atoms with van der Waals surface area (Å²) in [5.74, 6) is 0.209. The zero-order chi connectivity index (χ0) is 13.1. The first kappa shape index (κ1) is 13.1. The van der Waals surface area contributed by atoms with Crippen molar-refractivity contribution in [1.82, 2.24) is 20.0 Å². The first-order valence-electron chi connectivity index (χ1n) is 6.59. The number of likely N-dealkylation sites (tertiary alicyclic amines) is 1. The molecule has 1 amide bonds. The number of aromatic nitrogens is 2. The number of hydrogen-bond acceptors (Lipinski definition) is 3. The van der Waals surface area contributed by atoms with Crippen molar-refractivity contribution >= 4 is 5.91 Å². The quantitative estimate of drug-likeness (QED) is 0.867. The van der Waals surface area contributed by atoms with E-state index in [9.17, 15) is 4.79 Å². The average Bonchev–Trinajstić information content (AvgIpc) is 2.95. The lowest BCUT2D eigenvalue weighted by atomic mass is 10.1. The van der Waals surface area contributed by atoms with Crippen LogP contribution in [0.3, 0.4) is 0 Å². The summed E-state index contributed by atoms with van der Waals surface area (Å²) < 4.78 is 1.81. The van der Waals surface area contributed by atoms with Crippen LogP contribution < -0.4 is 5.32 Å². The molecule has 0 saturated carbocycles. The van der Waals surface area contributed by atoms with Crippen LogP contribution in [0.2, 0.25) is 0 Å². The minimum absolute atomic E-state index is 0.158. The highest BCUT2D eigenvalue weighted by atomic mass is 16.2. The molecule has 0 aromatic carbocycles. The number of rotatable bonds is 4. The van der Waals surface area contributed by atoms with E-state index >= 15 is 0 Å². The van der Waals surface area contributed by atoms with Crippen molar-refractivity contribution in [1.29, 1.82) is 0 Å². The van der Waals surface area contributed by atoms with Crippen LogP contribution in [0.4, 0.5) is 0 Å². The summed E-state index contributed by atoms with van der Waals surface area (Å²) in [4.78, 5) is 13.9. The summed E-state index contributed by atoms with van der Waals surface area (Å²) in [6.07, 6.45) is 4.29. The second kappa shape index (κ2) is 5.52. The van der Waals surface area contributed by atoms with E-state index in [2.05, 4.69) is 17.3 Å². The van der Waals surface area contributed by atoms with Crippen LogP contribution in [-0.4, -0.2) is 40.2 Å². The van der Waals surface area contributed by atoms with Crippen LogP contribution in [0.25, 0.3) is 0 Å². The van der Waals surface area contributed by atoms with E-state index in [1.54, 1.807) is 0 Å². The molecular weight excluding hydrogens is 228 g/mol. The van der Waals surface area contributed by atoms with Gasteiger partial charge in [0, 0.05) is 37.9 Å². The predicted octanol–water partition coefficient (Wildman–Crippen LogP) is 1.00. The number of amides is 1. The standard InChI is InChI=1S/C13H22N4O/c1-10(12-9-16(3)15-11(12)2)14-8-13(18)17-6-4-5-7-17/h9-10,14H,4-8H2,1-3H3. The van der Waals surface area contributed by atoms with E-state index < -0.39 is 0 Å². The van der Waals surface area contributed by atoms with Gasteiger partial charge in [0.2, 0.25) is 5.91 Å². The van der Waals surface area contributed by atoms with Crippen LogP contribution in [-0.2, 0) is 11.8 Å². The molecule has 2 heterocycles. The van der Waals surface area contributed by atoms with Gasteiger partial charge in [0.1, 0.15) is 0 Å². The highest BCUT2D eigenvalue weighted by molar-refractivity contribution is 5.78. The van der Waals surface area contributed by atoms with Gasteiger partial charge in [-0.2, -0.15) is 5.10 Å². The number of nitrogens with one attached hydrogen (secondary N) is 1. The Balaban J connectivity index is 1.86. The molecule has 0 aliphatic carbocycles. The van der Waals surface area contributed by atoms with Gasteiger partial charge in [-0.1, -0.05) is 0 Å². The maximum atomic E-state index is 11.9. The van der Waals surface area contributed by atoms with Crippen molar-refractivity contribution in [3.63, 3.8) is 0 Å². The van der Waals surface area contributed by atoms with Crippen LogP contribution in [0, 0.1) is 6.92 Å². The van der Waals surface area contributed by atoms with Crippen molar-refractivity contribution in [3.8, 4) is 0 Å². The molecule has 1 aliphatic rings. The Morgan fingerprint density at radius 1 is 1.50 bits per heavy atom. The predicted molar refractivity (Wildman–Crippen MR) is 70.2 cm³/mol. The fourth-order valence-corrected chi connectivity index (χ4v) is 2.47. The molecule has 5 nitrogen and oxygen atoms in total. The van der Waals surface area contributed by atoms with Crippen molar-refractivity contribution in [2.24, 2.45) is 7.05 Å². The first-order valence-corrected chi connectivity index (χ1v) is 6.59. The third-order valence-electron chi connectivity index (χ3n) is 3.54. The molecule has 100 valence electrons. The molecule has 2 rings (SSSR count). The Labute approximate surface area is 108 Å². The lowest BCUT2D eigenvalue weighted by Gasteiger charge is -2.18. The molecule has 1 atom stereocenters. The van der Waals surface area contributed by atoms with Crippen molar-refractivity contribution in [3.05, 3.63) is 17.5 Å². The van der Waals surface area contributed by atoms with Gasteiger partial charge in [-0.15, -0.1) is 0 Å². The molecule has 1 saturated heterocycles. The zero-order valence-corrected chi connectivity index (χ0v) is 11.4. The van der Waals surface area contributed by atoms with Gasteiger partial charge >= 0.3 is 0 Å². The lowest BCUT2D eigenvalue weighted by molar-refractivity contribution is -0.129. The summed E-state index contributed by atoms with van der Waals surface area (Å²) in [6.45, 7) is 6.31. The minimum atomic E-state index is 0.158. The molecule has 1 aromatic heterocycles. The van der Waals surface area contributed by atoms with Crippen LogP contribution in [0.15, 0.2) is 6.20 Å². The van der Waals surface area contributed by atoms with E-state index in [0.29, 0.717) is 6.54 Å². The van der Waals surface area contributed by atoms with E-state index in [-0.39, 0.29) is 11.9 Å². The fourth-order valence-electron chi connectivity index (χ4n) is 2.47. The number of carbonyl (C=O) groups is 1. The van der Waals surface area contributed by atoms with Gasteiger partial charge in [0.15, 0.2) is 0 Å². The van der Waals surface area contributed by atoms with Crippen LogP contribution in [0.5, 0.6) is 0 Å². The van der Waals surface area contributed by atoms with Crippen molar-refractivity contribution in [2.45, 2.75) is 32.7 Å². The fraction of sp³-hybridized carbons (Fsp3) is 0.692. The number of carbonyl (C=O) groups excluding carboxylic acids is 1. The second-order valence-electron chi connectivity index (χ2n) is 5.03. The maximum Gasteiger partial charge on any atom is 0.236 e. The van der Waals surface area contributed by atoms with E-state index in [0.717, 1.165) is 37.2 Å². The van der Waals surface area contributed by atoms with Gasteiger partial charge in [0.25, 0.3) is 0 Å². The Bertz CT molecular complexity index is 421. The van der Waals surface area contributed by atoms with Gasteiger partial charge in [-0.25, -0.2) is 0 Å². The molecule has 1 N–H and O–H groups in total. The summed E-state index contributed by atoms with van der Waals surface area (Å²) in [5.41, 5.74) is 2.18. The SMILES string of the molecule is Cc1nn(C)cc1C(C)NCC(=O)N1CCCC1. The number of hydrogen-bond donors (Lipinski definition) is 1. The molecule has 1 fully saturated rings. The summed E-state index contributed by atoms with van der Waals surface area (Å²) in [7, 11) is 1.92. The second-order valence-corrected chi connectivity index (χ2v) is 5.03. The molecule has 0 radical (unpaired) electrons. The Morgan fingerprint density at radius 3 is 2.72 bits per heavy atom. The lowest BCUT2D eigenvalue weighted by Crippen LogP contribution is -2.37. The largest absolute Gasteiger partial charge is 0.342 e. The summed E-state index contributed by atoms with van der Waals surface area (Å²) in [6, 6.07) is 0.158. The van der Waals surface area contributed by atoms with Crippen molar-refractivity contribution in [2.75, 3.05) is 19.6 Å². The molecular formula is C13H22N4O. The van der Waals surface area contributed by atoms with Crippen molar-refractivity contribution < 1.29 is 4.79 Å². The van der Waals surface area contributed by atoms with Crippen LogP contribution in [0.1, 0.15) is 37.1 Å². The monoisotopic (exact) mass is 250 g/mol. The molecule has 1 aliphatic heterocycles. The highest BCUT2D eigenvalue weighted by Crippen LogP contribution is 2.15. The van der Waals surface area contributed by atoms with E-state index in [1.807, 2.05) is 29.7 Å². The van der Waals surface area contributed by atoms with E-state index in [4.69, 9.17) is 0 Å². The van der Waals surface area contributed by atoms with Crippen LogP contribution >= 0.6 is 0 Å². The molecule has 0 bridgehead atoms. The Hall–Kier alpha value is -1.36. The average molecular weight is 250 g/mol. The third-order valence-corrected chi connectivity index (χ3v) is 3.54. The third kappa shape index (κ3) is 2.90. The molecule has 0 spiro atoms. The molecule has 1 unspecified atom stereocenters. The smallest absolute Gasteiger partial charge is 0.236 e. The highest BCUT2D eigenvalue weighted by Gasteiger charge is 2.19. The van der Waals surface area contributed by atoms with Gasteiger partial charge in [-0.05, 0) is 26.7 Å². The summed E-state index contributed by atoms with van der Waals surface area (Å²) in [5, 5.41) is 7.60. The Kier molecular flexibility index (Phi) is 4.01. The zero-order valence-electron chi connectivity index (χ0n) is 11.4. The van der Waals surface area contributed by atoms with Gasteiger partial charge in [0.05, 0.1) is 12.2 Å². The van der Waals surface area contributed by atoms with Gasteiger partial charge in [-0.3, -0.25) is 9.48 Å². The normalized spacial score (nSPS) is 17.2. The number of aryl methyl sites for hydroxylation is 2. The Morgan fingerprint density at radius 2 is 2.17 bits per heavy atom. The topological polar surface area (TPSA) is 50.2 Å². The van der Waals surface area contributed by atoms with E-state index in [1.165, 1.54) is 0 Å². The first-order chi connectivity index (χ1) is 8.58. The molecule has 1 aromatic rings. The van der Waals surface area contributed by atoms with Gasteiger partial charge < -0.3 is 10.2 Å². The maximum absolute atomic E-state index is 11.9. The molecule has 18 heavy (non-hydrogen) atoms. The minimum Gasteiger partial charge on any atom is -0.342 e.